The summed E-state index contributed by atoms with van der Waals surface area (Å²) in [6, 6.07) is -1.80. The smallest absolute Gasteiger partial charge is 0.319 e. The monoisotopic (exact) mass is 324 g/mol. The van der Waals surface area contributed by atoms with Crippen LogP contribution in [0, 0.1) is 15.9 Å². The lowest BCUT2D eigenvalue weighted by molar-refractivity contribution is -0.385. The van der Waals surface area contributed by atoms with Crippen LogP contribution in [0.15, 0.2) is 18.2 Å². The maximum atomic E-state index is 13.2. The topological polar surface area (TPSA) is 69.2 Å². The Bertz CT molecular complexity index is 508. The Morgan fingerprint density at radius 3 is 2.10 bits per heavy atom. The van der Waals surface area contributed by atoms with Crippen molar-refractivity contribution >= 4 is 18.1 Å². The van der Waals surface area contributed by atoms with Gasteiger partial charge in [-0.2, -0.15) is 22.0 Å². The fraction of sp³-hybridized carbons (Fsp3) is 0.333. The molecule has 0 aromatic heterocycles. The minimum atomic E-state index is -6.00. The molecule has 0 amide bonds. The van der Waals surface area contributed by atoms with E-state index in [2.05, 4.69) is 0 Å². The molecule has 0 aliphatic rings. The van der Waals surface area contributed by atoms with Crippen molar-refractivity contribution in [3.63, 3.8) is 0 Å². The highest BCUT2D eigenvalue weighted by molar-refractivity contribution is 5.85. The Labute approximate surface area is 114 Å². The van der Waals surface area contributed by atoms with Crippen molar-refractivity contribution in [2.24, 2.45) is 5.73 Å². The molecule has 0 aliphatic carbocycles. The normalized spacial score (nSPS) is 13.6. The van der Waals surface area contributed by atoms with Crippen LogP contribution in [0.1, 0.15) is 11.6 Å². The molecule has 0 fully saturated rings. The van der Waals surface area contributed by atoms with Gasteiger partial charge in [0.1, 0.15) is 11.9 Å². The predicted octanol–water partition coefficient (Wildman–Crippen LogP) is 3.35. The average Bonchev–Trinajstić information content (AvgIpc) is 2.26. The van der Waals surface area contributed by atoms with Crippen LogP contribution in [0.4, 0.5) is 32.0 Å². The van der Waals surface area contributed by atoms with E-state index in [0.29, 0.717) is 12.1 Å². The first-order valence-electron chi connectivity index (χ1n) is 4.62. The van der Waals surface area contributed by atoms with E-state index in [9.17, 15) is 36.5 Å². The number of alkyl halides is 5. The number of benzene rings is 1. The van der Waals surface area contributed by atoms with Crippen LogP contribution in [0.5, 0.6) is 0 Å². The summed E-state index contributed by atoms with van der Waals surface area (Å²) in [5.41, 5.74) is 2.57. The molecule has 0 heterocycles. The Morgan fingerprint density at radius 2 is 1.70 bits per heavy atom. The maximum Gasteiger partial charge on any atom is 0.455 e. The second kappa shape index (κ2) is 5.83. The largest absolute Gasteiger partial charge is 0.455 e. The summed E-state index contributed by atoms with van der Waals surface area (Å²) in [5.74, 6) is -6.90. The van der Waals surface area contributed by atoms with Gasteiger partial charge in [-0.05, 0) is 6.07 Å². The summed E-state index contributed by atoms with van der Waals surface area (Å²) in [4.78, 5) is 9.30. The van der Waals surface area contributed by atoms with E-state index >= 15 is 0 Å². The molecule has 4 nitrogen and oxygen atoms in total. The predicted molar refractivity (Wildman–Crippen MR) is 58.2 cm³/mol. The molecule has 1 aromatic carbocycles. The van der Waals surface area contributed by atoms with Gasteiger partial charge in [0.05, 0.1) is 4.92 Å². The molecule has 114 valence electrons. The molecule has 0 saturated heterocycles. The van der Waals surface area contributed by atoms with E-state index in [4.69, 9.17) is 5.73 Å². The zero-order valence-electron chi connectivity index (χ0n) is 9.33. The van der Waals surface area contributed by atoms with Crippen LogP contribution in [0.3, 0.4) is 0 Å². The number of nitrogens with zero attached hydrogens (tertiary/aromatic N) is 1. The molecule has 1 rings (SSSR count). The van der Waals surface area contributed by atoms with E-state index in [1.807, 2.05) is 0 Å². The molecule has 20 heavy (non-hydrogen) atoms. The van der Waals surface area contributed by atoms with Crippen molar-refractivity contribution in [3.05, 3.63) is 39.7 Å². The summed E-state index contributed by atoms with van der Waals surface area (Å²) in [6.07, 6.45) is -6.00. The van der Waals surface area contributed by atoms with Gasteiger partial charge < -0.3 is 5.73 Å². The zero-order valence-corrected chi connectivity index (χ0v) is 10.1. The molecular formula is C9H7ClF6N2O2. The van der Waals surface area contributed by atoms with Crippen LogP contribution in [0.25, 0.3) is 0 Å². The third kappa shape index (κ3) is 3.31. The minimum Gasteiger partial charge on any atom is -0.319 e. The maximum absolute atomic E-state index is 13.2. The molecule has 0 spiro atoms. The van der Waals surface area contributed by atoms with Crippen LogP contribution in [0.2, 0.25) is 0 Å². The number of nitrogens with two attached hydrogens (primary N) is 1. The summed E-state index contributed by atoms with van der Waals surface area (Å²) < 4.78 is 75.3. The van der Waals surface area contributed by atoms with Crippen molar-refractivity contribution < 1.29 is 31.3 Å². The second-order valence-corrected chi connectivity index (χ2v) is 3.56. The van der Waals surface area contributed by atoms with Gasteiger partial charge in [-0.25, -0.2) is 4.39 Å². The quantitative estimate of drug-likeness (QED) is 0.526. The first kappa shape index (κ1) is 18.4. The summed E-state index contributed by atoms with van der Waals surface area (Å²) in [7, 11) is 0. The molecule has 2 N–H and O–H groups in total. The third-order valence-electron chi connectivity index (χ3n) is 2.29. The van der Waals surface area contributed by atoms with Gasteiger partial charge in [0.25, 0.3) is 5.69 Å². The molecule has 0 unspecified atom stereocenters. The highest BCUT2D eigenvalue weighted by Crippen LogP contribution is 2.44. The summed E-state index contributed by atoms with van der Waals surface area (Å²) in [6.45, 7) is 0. The van der Waals surface area contributed by atoms with Gasteiger partial charge in [0.2, 0.25) is 0 Å². The highest BCUT2D eigenvalue weighted by atomic mass is 35.5. The minimum absolute atomic E-state index is 0. The molecule has 11 heteroatoms. The van der Waals surface area contributed by atoms with Crippen LogP contribution < -0.4 is 5.73 Å². The molecule has 0 aliphatic heterocycles. The zero-order chi connectivity index (χ0) is 15.0. The van der Waals surface area contributed by atoms with Crippen LogP contribution >= 0.6 is 12.4 Å². The average molecular weight is 325 g/mol. The van der Waals surface area contributed by atoms with Crippen molar-refractivity contribution in [1.82, 2.24) is 0 Å². The number of rotatable bonds is 3. The highest BCUT2D eigenvalue weighted by Gasteiger charge is 2.62. The van der Waals surface area contributed by atoms with E-state index in [1.165, 1.54) is 0 Å². The van der Waals surface area contributed by atoms with Gasteiger partial charge in [0, 0.05) is 17.7 Å². The lowest BCUT2D eigenvalue weighted by Gasteiger charge is -2.26. The molecule has 0 radical (unpaired) electrons. The lowest BCUT2D eigenvalue weighted by Crippen LogP contribution is -2.46. The first-order chi connectivity index (χ1) is 8.48. The second-order valence-electron chi connectivity index (χ2n) is 3.56. The van der Waals surface area contributed by atoms with Crippen molar-refractivity contribution in [2.45, 2.75) is 18.1 Å². The van der Waals surface area contributed by atoms with Gasteiger partial charge in [-0.3, -0.25) is 10.1 Å². The van der Waals surface area contributed by atoms with E-state index in [1.54, 1.807) is 0 Å². The standard InChI is InChI=1S/C9H6F6N2O2.ClH/c10-6-2-1-4(17(18)19)3-5(6)7(16)8(11,12)9(13,14)15;/h1-3,7H,16H2;1H/t7-;/m0./s1. The lowest BCUT2D eigenvalue weighted by atomic mass is 10.00. The Kier molecular flexibility index (Phi) is 5.38. The fourth-order valence-corrected chi connectivity index (χ4v) is 1.25. The molecule has 1 atom stereocenters. The molecular weight excluding hydrogens is 318 g/mol. The third-order valence-corrected chi connectivity index (χ3v) is 2.29. The molecule has 1 aromatic rings. The van der Waals surface area contributed by atoms with Gasteiger partial charge >= 0.3 is 12.1 Å². The van der Waals surface area contributed by atoms with E-state index in [-0.39, 0.29) is 18.5 Å². The van der Waals surface area contributed by atoms with Crippen LogP contribution in [-0.2, 0) is 0 Å². The van der Waals surface area contributed by atoms with Crippen molar-refractivity contribution in [2.75, 3.05) is 0 Å². The van der Waals surface area contributed by atoms with Crippen molar-refractivity contribution in [1.29, 1.82) is 0 Å². The number of halogens is 7. The van der Waals surface area contributed by atoms with Crippen LogP contribution in [-0.4, -0.2) is 17.0 Å². The summed E-state index contributed by atoms with van der Waals surface area (Å²) >= 11 is 0. The number of non-ortho nitro benzene ring substituents is 1. The Balaban J connectivity index is 0.00000361. The summed E-state index contributed by atoms with van der Waals surface area (Å²) in [5, 5.41) is 10.4. The number of hydrogen-bond donors (Lipinski definition) is 1. The number of hydrogen-bond acceptors (Lipinski definition) is 3. The number of nitro groups is 1. The SMILES string of the molecule is Cl.N[C@@H](c1cc([N+](=O)[O-])ccc1F)C(F)(F)C(F)(F)F. The van der Waals surface area contributed by atoms with Gasteiger partial charge in [-0.15, -0.1) is 12.4 Å². The number of nitro benzene ring substituents is 1. The van der Waals surface area contributed by atoms with E-state index < -0.39 is 40.1 Å². The molecule has 0 saturated carbocycles. The fourth-order valence-electron chi connectivity index (χ4n) is 1.25. The molecule has 0 bridgehead atoms. The Morgan fingerprint density at radius 1 is 1.20 bits per heavy atom. The van der Waals surface area contributed by atoms with Gasteiger partial charge in [0.15, 0.2) is 0 Å². The van der Waals surface area contributed by atoms with Gasteiger partial charge in [-0.1, -0.05) is 0 Å². The first-order valence-corrected chi connectivity index (χ1v) is 4.62. The van der Waals surface area contributed by atoms with Crippen molar-refractivity contribution in [3.8, 4) is 0 Å². The van der Waals surface area contributed by atoms with E-state index in [0.717, 1.165) is 0 Å². The Hall–Kier alpha value is -1.55.